The molecule has 3 rings (SSSR count). The molecule has 0 bridgehead atoms. The number of fused-ring (bicyclic) bond motifs is 1. The van der Waals surface area contributed by atoms with Gasteiger partial charge in [0.15, 0.2) is 0 Å². The van der Waals surface area contributed by atoms with E-state index in [4.69, 9.17) is 11.6 Å². The van der Waals surface area contributed by atoms with Gasteiger partial charge in [0.2, 0.25) is 0 Å². The van der Waals surface area contributed by atoms with Crippen LogP contribution in [-0.2, 0) is 4.79 Å². The fourth-order valence-electron chi connectivity index (χ4n) is 2.60. The van der Waals surface area contributed by atoms with Gasteiger partial charge in [-0.2, -0.15) is 8.75 Å². The van der Waals surface area contributed by atoms with E-state index in [0.29, 0.717) is 23.8 Å². The van der Waals surface area contributed by atoms with Crippen LogP contribution in [0.5, 0.6) is 0 Å². The second-order valence-corrected chi connectivity index (χ2v) is 5.90. The van der Waals surface area contributed by atoms with E-state index in [2.05, 4.69) is 20.6 Å². The van der Waals surface area contributed by atoms with E-state index >= 15 is 0 Å². The van der Waals surface area contributed by atoms with Gasteiger partial charge >= 0.3 is 0 Å². The van der Waals surface area contributed by atoms with E-state index in [1.54, 1.807) is 0 Å². The minimum absolute atomic E-state index is 0.0201. The first-order chi connectivity index (χ1) is 9.09. The second kappa shape index (κ2) is 4.72. The number of hydrogen-bond acceptors (Lipinski definition) is 5. The van der Waals surface area contributed by atoms with Crippen molar-refractivity contribution in [1.82, 2.24) is 8.75 Å². The standard InChI is InChI=1S/C13H14ClN3OS/c1-7-8(2)17(6-5-11(7)18)13-9(14)3-4-10-12(13)16-19-15-10/h3-4,7-8H,5-6H2,1-2H3. The van der Waals surface area contributed by atoms with Crippen LogP contribution in [0.4, 0.5) is 5.69 Å². The minimum Gasteiger partial charge on any atom is -0.365 e. The van der Waals surface area contributed by atoms with Crippen molar-refractivity contribution in [3.05, 3.63) is 17.2 Å². The van der Waals surface area contributed by atoms with Crippen molar-refractivity contribution >= 4 is 45.8 Å². The molecule has 6 heteroatoms. The molecule has 0 saturated carbocycles. The molecule has 1 aromatic heterocycles. The highest BCUT2D eigenvalue weighted by Gasteiger charge is 2.33. The van der Waals surface area contributed by atoms with Crippen molar-refractivity contribution in [2.45, 2.75) is 26.3 Å². The summed E-state index contributed by atoms with van der Waals surface area (Å²) in [5.74, 6) is 0.343. The summed E-state index contributed by atoms with van der Waals surface area (Å²) < 4.78 is 8.61. The van der Waals surface area contributed by atoms with E-state index in [1.165, 1.54) is 11.7 Å². The molecule has 0 amide bonds. The maximum Gasteiger partial charge on any atom is 0.139 e. The summed E-state index contributed by atoms with van der Waals surface area (Å²) in [6.07, 6.45) is 0.565. The number of benzene rings is 1. The molecular weight excluding hydrogens is 282 g/mol. The van der Waals surface area contributed by atoms with E-state index in [1.807, 2.05) is 19.1 Å². The molecule has 100 valence electrons. The summed E-state index contributed by atoms with van der Waals surface area (Å²) in [7, 11) is 0. The van der Waals surface area contributed by atoms with Crippen LogP contribution in [0.2, 0.25) is 5.02 Å². The fraction of sp³-hybridized carbons (Fsp3) is 0.462. The highest BCUT2D eigenvalue weighted by molar-refractivity contribution is 7.00. The lowest BCUT2D eigenvalue weighted by Gasteiger charge is -2.39. The highest BCUT2D eigenvalue weighted by Crippen LogP contribution is 2.37. The van der Waals surface area contributed by atoms with Gasteiger partial charge in [-0.1, -0.05) is 18.5 Å². The third-order valence-electron chi connectivity index (χ3n) is 3.96. The summed E-state index contributed by atoms with van der Waals surface area (Å²) in [5, 5.41) is 0.675. The summed E-state index contributed by atoms with van der Waals surface area (Å²) >= 11 is 7.54. The summed E-state index contributed by atoms with van der Waals surface area (Å²) in [6, 6.07) is 3.87. The van der Waals surface area contributed by atoms with Gasteiger partial charge in [-0.15, -0.1) is 0 Å². The topological polar surface area (TPSA) is 46.1 Å². The summed E-state index contributed by atoms with van der Waals surface area (Å²) in [6.45, 7) is 4.74. The number of carbonyl (C=O) groups excluding carboxylic acids is 1. The molecule has 0 spiro atoms. The molecule has 1 aromatic carbocycles. The molecule has 2 aromatic rings. The van der Waals surface area contributed by atoms with Gasteiger partial charge in [0.1, 0.15) is 16.8 Å². The molecule has 2 atom stereocenters. The summed E-state index contributed by atoms with van der Waals surface area (Å²) in [5.41, 5.74) is 2.62. The maximum absolute atomic E-state index is 11.8. The first-order valence-corrected chi connectivity index (χ1v) is 7.40. The lowest BCUT2D eigenvalue weighted by atomic mass is 9.90. The zero-order chi connectivity index (χ0) is 13.6. The Hall–Kier alpha value is -1.20. The molecule has 2 heterocycles. The zero-order valence-electron chi connectivity index (χ0n) is 10.8. The number of piperidine rings is 1. The highest BCUT2D eigenvalue weighted by atomic mass is 35.5. The number of rotatable bonds is 1. The third-order valence-corrected chi connectivity index (χ3v) is 4.81. The number of nitrogens with zero attached hydrogens (tertiary/aromatic N) is 3. The van der Waals surface area contributed by atoms with Crippen molar-refractivity contribution in [2.24, 2.45) is 5.92 Å². The predicted molar refractivity (Wildman–Crippen MR) is 78.0 cm³/mol. The molecule has 1 fully saturated rings. The van der Waals surface area contributed by atoms with Crippen molar-refractivity contribution in [3.63, 3.8) is 0 Å². The van der Waals surface area contributed by atoms with Gasteiger partial charge in [-0.05, 0) is 19.1 Å². The molecule has 2 unspecified atom stereocenters. The van der Waals surface area contributed by atoms with Gasteiger partial charge in [-0.3, -0.25) is 4.79 Å². The Bertz CT molecular complexity index is 642. The lowest BCUT2D eigenvalue weighted by Crippen LogP contribution is -2.47. The first kappa shape index (κ1) is 12.8. The van der Waals surface area contributed by atoms with Crippen LogP contribution in [0.25, 0.3) is 11.0 Å². The Morgan fingerprint density at radius 3 is 2.95 bits per heavy atom. The largest absolute Gasteiger partial charge is 0.365 e. The van der Waals surface area contributed by atoms with Crippen molar-refractivity contribution in [1.29, 1.82) is 0 Å². The van der Waals surface area contributed by atoms with Crippen molar-refractivity contribution in [2.75, 3.05) is 11.4 Å². The molecule has 0 aliphatic carbocycles. The Labute approximate surface area is 120 Å². The SMILES string of the molecule is CC1C(=O)CCN(c2c(Cl)ccc3nsnc23)C1C. The van der Waals surface area contributed by atoms with Crippen LogP contribution in [0.15, 0.2) is 12.1 Å². The number of anilines is 1. The molecular formula is C13H14ClN3OS. The lowest BCUT2D eigenvalue weighted by molar-refractivity contribution is -0.123. The van der Waals surface area contributed by atoms with Crippen LogP contribution >= 0.6 is 23.3 Å². The minimum atomic E-state index is 0.0201. The van der Waals surface area contributed by atoms with Crippen LogP contribution < -0.4 is 4.90 Å². The summed E-state index contributed by atoms with van der Waals surface area (Å²) in [4.78, 5) is 14.0. The van der Waals surface area contributed by atoms with Gasteiger partial charge in [0.05, 0.1) is 22.4 Å². The Morgan fingerprint density at radius 1 is 1.37 bits per heavy atom. The van der Waals surface area contributed by atoms with Crippen molar-refractivity contribution < 1.29 is 4.79 Å². The van der Waals surface area contributed by atoms with Crippen molar-refractivity contribution in [3.8, 4) is 0 Å². The Kier molecular flexibility index (Phi) is 3.19. The predicted octanol–water partition coefficient (Wildman–Crippen LogP) is 3.15. The quantitative estimate of drug-likeness (QED) is 0.811. The number of aromatic nitrogens is 2. The molecule has 1 aliphatic rings. The van der Waals surface area contributed by atoms with Crippen LogP contribution in [0.1, 0.15) is 20.3 Å². The monoisotopic (exact) mass is 295 g/mol. The number of halogens is 1. The van der Waals surface area contributed by atoms with Gasteiger partial charge in [0, 0.05) is 24.9 Å². The second-order valence-electron chi connectivity index (χ2n) is 4.97. The van der Waals surface area contributed by atoms with Gasteiger partial charge < -0.3 is 4.90 Å². The molecule has 1 saturated heterocycles. The molecule has 0 radical (unpaired) electrons. The smallest absolute Gasteiger partial charge is 0.139 e. The fourth-order valence-corrected chi connectivity index (χ4v) is 3.40. The maximum atomic E-state index is 11.8. The number of Topliss-reactive ketones (excluding diaryl/α,β-unsaturated/α-hetero) is 1. The van der Waals surface area contributed by atoms with Crippen LogP contribution in [0.3, 0.4) is 0 Å². The average molecular weight is 296 g/mol. The third kappa shape index (κ3) is 2.01. The van der Waals surface area contributed by atoms with E-state index in [9.17, 15) is 4.79 Å². The number of hydrogen-bond donors (Lipinski definition) is 0. The van der Waals surface area contributed by atoms with Crippen LogP contribution in [-0.4, -0.2) is 27.1 Å². The number of ketones is 1. The average Bonchev–Trinajstić information content (AvgIpc) is 2.86. The zero-order valence-corrected chi connectivity index (χ0v) is 12.3. The van der Waals surface area contributed by atoms with E-state index in [-0.39, 0.29) is 12.0 Å². The van der Waals surface area contributed by atoms with E-state index < -0.39 is 0 Å². The molecule has 1 aliphatic heterocycles. The van der Waals surface area contributed by atoms with Gasteiger partial charge in [0.25, 0.3) is 0 Å². The van der Waals surface area contributed by atoms with E-state index in [0.717, 1.165) is 16.7 Å². The Morgan fingerprint density at radius 2 is 2.16 bits per heavy atom. The molecule has 0 N–H and O–H groups in total. The normalized spacial score (nSPS) is 24.2. The molecule has 4 nitrogen and oxygen atoms in total. The van der Waals surface area contributed by atoms with Crippen LogP contribution in [0, 0.1) is 5.92 Å². The first-order valence-electron chi connectivity index (χ1n) is 6.29. The molecule has 19 heavy (non-hydrogen) atoms. The number of carbonyl (C=O) groups is 1. The Balaban J connectivity index is 2.11. The van der Waals surface area contributed by atoms with Gasteiger partial charge in [-0.25, -0.2) is 0 Å².